The molecule has 0 fully saturated rings. The minimum atomic E-state index is -0.300. The fourth-order valence-electron chi connectivity index (χ4n) is 1.24. The monoisotopic (exact) mass is 213 g/mol. The Balaban J connectivity index is 2.71. The lowest BCUT2D eigenvalue weighted by Crippen LogP contribution is -2.15. The van der Waals surface area contributed by atoms with Crippen LogP contribution in [0.15, 0.2) is 4.52 Å². The highest BCUT2D eigenvalue weighted by Crippen LogP contribution is 2.20. The second kappa shape index (κ2) is 4.72. The molecule has 0 bridgehead atoms. The van der Waals surface area contributed by atoms with Gasteiger partial charge in [-0.2, -0.15) is 4.98 Å². The lowest BCUT2D eigenvalue weighted by molar-refractivity contribution is 0.0803. The van der Waals surface area contributed by atoms with E-state index < -0.39 is 0 Å². The number of nitrogens with zero attached hydrogens (tertiary/aromatic N) is 2. The van der Waals surface area contributed by atoms with Gasteiger partial charge in [-0.05, 0) is 5.41 Å². The van der Waals surface area contributed by atoms with E-state index in [0.717, 1.165) is 6.42 Å². The third-order valence-electron chi connectivity index (χ3n) is 1.95. The minimum absolute atomic E-state index is 0.145. The van der Waals surface area contributed by atoms with Crippen molar-refractivity contribution in [1.29, 1.82) is 0 Å². The standard InChI is InChI=1S/C10H19N3O2/c1-10(2,3)5-8-12-9(15-13-8)7(6-11)14-4/h7H,5-6,11H2,1-4H3. The van der Waals surface area contributed by atoms with E-state index in [1.54, 1.807) is 7.11 Å². The van der Waals surface area contributed by atoms with E-state index in [-0.39, 0.29) is 11.5 Å². The van der Waals surface area contributed by atoms with Gasteiger partial charge in [0.05, 0.1) is 0 Å². The third kappa shape index (κ3) is 3.60. The zero-order valence-corrected chi connectivity index (χ0v) is 9.78. The molecule has 0 aliphatic carbocycles. The van der Waals surface area contributed by atoms with Crippen LogP contribution < -0.4 is 5.73 Å². The lowest BCUT2D eigenvalue weighted by Gasteiger charge is -2.14. The van der Waals surface area contributed by atoms with Gasteiger partial charge < -0.3 is 15.0 Å². The molecule has 1 rings (SSSR count). The second-order valence-corrected chi connectivity index (χ2v) is 4.75. The molecule has 1 aromatic rings. The molecule has 15 heavy (non-hydrogen) atoms. The Kier molecular flexibility index (Phi) is 3.82. The highest BCUT2D eigenvalue weighted by atomic mass is 16.5. The van der Waals surface area contributed by atoms with Crippen LogP contribution in [0.4, 0.5) is 0 Å². The van der Waals surface area contributed by atoms with Crippen molar-refractivity contribution in [1.82, 2.24) is 10.1 Å². The van der Waals surface area contributed by atoms with Crippen LogP contribution in [0.25, 0.3) is 0 Å². The first kappa shape index (κ1) is 12.1. The SMILES string of the molecule is COC(CN)c1nc(CC(C)(C)C)no1. The summed E-state index contributed by atoms with van der Waals surface area (Å²) in [7, 11) is 1.57. The van der Waals surface area contributed by atoms with Gasteiger partial charge in [0.25, 0.3) is 5.89 Å². The zero-order chi connectivity index (χ0) is 11.5. The van der Waals surface area contributed by atoms with Crippen molar-refractivity contribution in [3.8, 4) is 0 Å². The smallest absolute Gasteiger partial charge is 0.257 e. The maximum atomic E-state index is 5.50. The Morgan fingerprint density at radius 3 is 2.60 bits per heavy atom. The fourth-order valence-corrected chi connectivity index (χ4v) is 1.24. The van der Waals surface area contributed by atoms with Gasteiger partial charge in [0, 0.05) is 20.1 Å². The average Bonchev–Trinajstić information content (AvgIpc) is 2.52. The Morgan fingerprint density at radius 1 is 1.47 bits per heavy atom. The quantitative estimate of drug-likeness (QED) is 0.816. The molecule has 0 radical (unpaired) electrons. The van der Waals surface area contributed by atoms with Gasteiger partial charge in [-0.3, -0.25) is 0 Å². The van der Waals surface area contributed by atoms with Gasteiger partial charge in [0.2, 0.25) is 0 Å². The van der Waals surface area contributed by atoms with Crippen LogP contribution in [-0.4, -0.2) is 23.8 Å². The molecule has 0 aliphatic heterocycles. The fraction of sp³-hybridized carbons (Fsp3) is 0.800. The summed E-state index contributed by atoms with van der Waals surface area (Å²) < 4.78 is 10.2. The molecular formula is C10H19N3O2. The van der Waals surface area contributed by atoms with E-state index in [1.807, 2.05) is 0 Å². The molecule has 0 saturated carbocycles. The van der Waals surface area contributed by atoms with Crippen LogP contribution in [0.2, 0.25) is 0 Å². The van der Waals surface area contributed by atoms with Crippen LogP contribution in [0.3, 0.4) is 0 Å². The molecule has 1 aromatic heterocycles. The van der Waals surface area contributed by atoms with E-state index in [2.05, 4.69) is 30.9 Å². The van der Waals surface area contributed by atoms with Crippen molar-refractivity contribution in [2.24, 2.45) is 11.1 Å². The number of rotatable bonds is 4. The normalized spacial score (nSPS) is 14.2. The van der Waals surface area contributed by atoms with Gasteiger partial charge in [-0.25, -0.2) is 0 Å². The van der Waals surface area contributed by atoms with Gasteiger partial charge in [-0.15, -0.1) is 0 Å². The molecular weight excluding hydrogens is 194 g/mol. The average molecular weight is 213 g/mol. The summed E-state index contributed by atoms with van der Waals surface area (Å²) in [5.41, 5.74) is 5.64. The molecule has 1 unspecified atom stereocenters. The first-order valence-corrected chi connectivity index (χ1v) is 5.01. The van der Waals surface area contributed by atoms with E-state index in [0.29, 0.717) is 18.3 Å². The summed E-state index contributed by atoms with van der Waals surface area (Å²) in [5.74, 6) is 1.16. The van der Waals surface area contributed by atoms with Gasteiger partial charge in [-0.1, -0.05) is 25.9 Å². The molecule has 0 aliphatic rings. The van der Waals surface area contributed by atoms with Crippen molar-refractivity contribution >= 4 is 0 Å². The van der Waals surface area contributed by atoms with Crippen molar-refractivity contribution < 1.29 is 9.26 Å². The van der Waals surface area contributed by atoms with Gasteiger partial charge in [0.15, 0.2) is 5.82 Å². The minimum Gasteiger partial charge on any atom is -0.370 e. The third-order valence-corrected chi connectivity index (χ3v) is 1.95. The molecule has 2 N–H and O–H groups in total. The van der Waals surface area contributed by atoms with Crippen molar-refractivity contribution in [2.75, 3.05) is 13.7 Å². The molecule has 1 heterocycles. The summed E-state index contributed by atoms with van der Waals surface area (Å²) in [6.07, 6.45) is 0.476. The predicted molar refractivity (Wildman–Crippen MR) is 56.3 cm³/mol. The summed E-state index contributed by atoms with van der Waals surface area (Å²) in [5, 5.41) is 3.90. The lowest BCUT2D eigenvalue weighted by atomic mass is 9.92. The maximum absolute atomic E-state index is 5.50. The number of nitrogens with two attached hydrogens (primary N) is 1. The topological polar surface area (TPSA) is 74.2 Å². The van der Waals surface area contributed by atoms with Gasteiger partial charge >= 0.3 is 0 Å². The Morgan fingerprint density at radius 2 is 2.13 bits per heavy atom. The van der Waals surface area contributed by atoms with E-state index in [4.69, 9.17) is 15.0 Å². The van der Waals surface area contributed by atoms with Crippen LogP contribution in [0, 0.1) is 5.41 Å². The molecule has 0 saturated heterocycles. The molecule has 0 amide bonds. The summed E-state index contributed by atoms with van der Waals surface area (Å²) in [4.78, 5) is 4.25. The Labute approximate surface area is 90.0 Å². The van der Waals surface area contributed by atoms with Gasteiger partial charge in [0.1, 0.15) is 6.10 Å². The van der Waals surface area contributed by atoms with Crippen LogP contribution in [0.5, 0.6) is 0 Å². The molecule has 0 aromatic carbocycles. The van der Waals surface area contributed by atoms with Crippen molar-refractivity contribution in [3.63, 3.8) is 0 Å². The first-order valence-electron chi connectivity index (χ1n) is 5.01. The number of hydrogen-bond donors (Lipinski definition) is 1. The van der Waals surface area contributed by atoms with E-state index in [1.165, 1.54) is 0 Å². The Hall–Kier alpha value is -0.940. The maximum Gasteiger partial charge on any atom is 0.257 e. The zero-order valence-electron chi connectivity index (χ0n) is 9.78. The van der Waals surface area contributed by atoms with Crippen molar-refractivity contribution in [3.05, 3.63) is 11.7 Å². The number of aromatic nitrogens is 2. The summed E-state index contributed by atoms with van der Waals surface area (Å²) in [6.45, 7) is 6.72. The molecule has 5 nitrogen and oxygen atoms in total. The highest BCUT2D eigenvalue weighted by molar-refractivity contribution is 4.93. The molecule has 1 atom stereocenters. The summed E-state index contributed by atoms with van der Waals surface area (Å²) in [6, 6.07) is 0. The number of ether oxygens (including phenoxy) is 1. The summed E-state index contributed by atoms with van der Waals surface area (Å²) >= 11 is 0. The van der Waals surface area contributed by atoms with Crippen LogP contribution in [-0.2, 0) is 11.2 Å². The van der Waals surface area contributed by atoms with Crippen LogP contribution in [0.1, 0.15) is 38.6 Å². The predicted octanol–water partition coefficient (Wildman–Crippen LogP) is 1.30. The van der Waals surface area contributed by atoms with E-state index in [9.17, 15) is 0 Å². The Bertz CT molecular complexity index is 300. The first-order chi connectivity index (χ1) is 6.96. The van der Waals surface area contributed by atoms with Crippen LogP contribution >= 0.6 is 0 Å². The van der Waals surface area contributed by atoms with Crippen molar-refractivity contribution in [2.45, 2.75) is 33.3 Å². The largest absolute Gasteiger partial charge is 0.370 e. The highest BCUT2D eigenvalue weighted by Gasteiger charge is 2.20. The van der Waals surface area contributed by atoms with E-state index >= 15 is 0 Å². The number of methoxy groups -OCH3 is 1. The molecule has 5 heteroatoms. The number of hydrogen-bond acceptors (Lipinski definition) is 5. The molecule has 0 spiro atoms. The second-order valence-electron chi connectivity index (χ2n) is 4.75. The molecule has 86 valence electrons.